The van der Waals surface area contributed by atoms with Crippen molar-refractivity contribution in [3.63, 3.8) is 0 Å². The van der Waals surface area contributed by atoms with Crippen LogP contribution in [0.15, 0.2) is 30.3 Å². The number of hydrogen-bond donors (Lipinski definition) is 1. The number of carbonyl (C=O) groups excluding carboxylic acids is 3. The molecule has 30 heavy (non-hydrogen) atoms. The summed E-state index contributed by atoms with van der Waals surface area (Å²) in [6.45, 7) is 5.14. The molecule has 2 aromatic heterocycles. The molecule has 1 N–H and O–H groups in total. The number of rotatable bonds is 5. The third kappa shape index (κ3) is 3.71. The largest absolute Gasteiger partial charge is 0.465 e. The Morgan fingerprint density at radius 2 is 1.60 bits per heavy atom. The first kappa shape index (κ1) is 21.3. The topological polar surface area (TPSA) is 99.5 Å². The molecule has 1 amide bonds. The van der Waals surface area contributed by atoms with E-state index < -0.39 is 17.8 Å². The van der Waals surface area contributed by atoms with Gasteiger partial charge in [0.25, 0.3) is 5.91 Å². The molecule has 0 unspecified atom stereocenters. The summed E-state index contributed by atoms with van der Waals surface area (Å²) in [5.74, 6) is -1.68. The van der Waals surface area contributed by atoms with Gasteiger partial charge in [0.2, 0.25) is 0 Å². The first-order chi connectivity index (χ1) is 14.3. The predicted molar refractivity (Wildman–Crippen MR) is 113 cm³/mol. The van der Waals surface area contributed by atoms with Crippen LogP contribution in [0.5, 0.6) is 0 Å². The maximum Gasteiger partial charge on any atom is 0.348 e. The van der Waals surface area contributed by atoms with Gasteiger partial charge in [-0.15, -0.1) is 11.3 Å². The third-order valence-corrected chi connectivity index (χ3v) is 5.84. The zero-order chi connectivity index (χ0) is 22.0. The number of benzene rings is 1. The molecule has 2 heterocycles. The molecule has 156 valence electrons. The van der Waals surface area contributed by atoms with Crippen LogP contribution in [0.4, 0.5) is 5.00 Å². The Morgan fingerprint density at radius 1 is 0.967 bits per heavy atom. The number of ether oxygens (including phenoxy) is 2. The summed E-state index contributed by atoms with van der Waals surface area (Å²) >= 11 is 0.966. The van der Waals surface area contributed by atoms with Gasteiger partial charge in [-0.25, -0.2) is 14.3 Å². The van der Waals surface area contributed by atoms with Crippen LogP contribution in [0.25, 0.3) is 5.69 Å². The fourth-order valence-electron chi connectivity index (χ4n) is 3.19. The first-order valence-electron chi connectivity index (χ1n) is 9.03. The van der Waals surface area contributed by atoms with E-state index in [9.17, 15) is 14.4 Å². The summed E-state index contributed by atoms with van der Waals surface area (Å²) < 4.78 is 11.3. The van der Waals surface area contributed by atoms with Gasteiger partial charge in [-0.3, -0.25) is 4.79 Å². The minimum Gasteiger partial charge on any atom is -0.465 e. The van der Waals surface area contributed by atoms with Crippen molar-refractivity contribution in [2.45, 2.75) is 20.8 Å². The van der Waals surface area contributed by atoms with Crippen molar-refractivity contribution in [3.05, 3.63) is 63.3 Å². The van der Waals surface area contributed by atoms with Crippen molar-refractivity contribution < 1.29 is 23.9 Å². The number of anilines is 1. The summed E-state index contributed by atoms with van der Waals surface area (Å²) in [4.78, 5) is 37.7. The van der Waals surface area contributed by atoms with E-state index in [-0.39, 0.29) is 15.4 Å². The zero-order valence-electron chi connectivity index (χ0n) is 17.2. The molecule has 0 aliphatic carbocycles. The molecule has 0 bridgehead atoms. The first-order valence-corrected chi connectivity index (χ1v) is 9.84. The second kappa shape index (κ2) is 8.50. The summed E-state index contributed by atoms with van der Waals surface area (Å²) in [5, 5.41) is 7.44. The lowest BCUT2D eigenvalue weighted by molar-refractivity contribution is 0.0601. The van der Waals surface area contributed by atoms with Crippen LogP contribution >= 0.6 is 11.3 Å². The molecule has 1 aromatic carbocycles. The van der Waals surface area contributed by atoms with Crippen molar-refractivity contribution in [1.29, 1.82) is 0 Å². The number of nitrogens with zero attached hydrogens (tertiary/aromatic N) is 2. The molecule has 8 nitrogen and oxygen atoms in total. The molecule has 0 saturated carbocycles. The number of nitrogens with one attached hydrogen (secondary N) is 1. The Bertz CT molecular complexity index is 1130. The minimum atomic E-state index is -0.650. The molecule has 0 atom stereocenters. The smallest absolute Gasteiger partial charge is 0.348 e. The van der Waals surface area contributed by atoms with Crippen LogP contribution in [0.3, 0.4) is 0 Å². The molecule has 0 radical (unpaired) electrons. The highest BCUT2D eigenvalue weighted by Crippen LogP contribution is 2.35. The Morgan fingerprint density at radius 3 is 2.20 bits per heavy atom. The summed E-state index contributed by atoms with van der Waals surface area (Å²) in [6, 6.07) is 9.45. The fraction of sp³-hybridized carbons (Fsp3) is 0.238. The van der Waals surface area contributed by atoms with Crippen LogP contribution in [0, 0.1) is 20.8 Å². The lowest BCUT2D eigenvalue weighted by atomic mass is 10.1. The predicted octanol–water partition coefficient (Wildman–Crippen LogP) is 3.68. The summed E-state index contributed by atoms with van der Waals surface area (Å²) in [5.41, 5.74) is 2.92. The van der Waals surface area contributed by atoms with Gasteiger partial charge in [-0.1, -0.05) is 18.2 Å². The van der Waals surface area contributed by atoms with E-state index >= 15 is 0 Å². The molecule has 0 aliphatic rings. The van der Waals surface area contributed by atoms with Crippen LogP contribution < -0.4 is 5.32 Å². The third-order valence-electron chi connectivity index (χ3n) is 4.65. The maximum atomic E-state index is 13.1. The Kier molecular flexibility index (Phi) is 6.02. The van der Waals surface area contributed by atoms with E-state index in [1.165, 1.54) is 14.2 Å². The summed E-state index contributed by atoms with van der Waals surface area (Å²) in [7, 11) is 2.49. The van der Waals surface area contributed by atoms with Gasteiger partial charge in [0, 0.05) is 0 Å². The minimum absolute atomic E-state index is 0.127. The number of methoxy groups -OCH3 is 2. The fourth-order valence-corrected chi connectivity index (χ4v) is 4.30. The molecule has 0 fully saturated rings. The van der Waals surface area contributed by atoms with Crippen molar-refractivity contribution in [2.24, 2.45) is 0 Å². The Labute approximate surface area is 177 Å². The molecule has 0 aliphatic heterocycles. The molecule has 0 spiro atoms. The summed E-state index contributed by atoms with van der Waals surface area (Å²) in [6.07, 6.45) is 0. The second-order valence-electron chi connectivity index (χ2n) is 6.49. The number of thiophene rings is 1. The van der Waals surface area contributed by atoms with E-state index in [0.29, 0.717) is 22.5 Å². The normalized spacial score (nSPS) is 10.6. The quantitative estimate of drug-likeness (QED) is 0.624. The number of esters is 2. The van der Waals surface area contributed by atoms with E-state index in [1.807, 2.05) is 30.3 Å². The number of aryl methyl sites for hydroxylation is 1. The van der Waals surface area contributed by atoms with Crippen molar-refractivity contribution in [3.8, 4) is 5.69 Å². The van der Waals surface area contributed by atoms with E-state index in [4.69, 9.17) is 9.47 Å². The van der Waals surface area contributed by atoms with Crippen molar-refractivity contribution >= 4 is 34.2 Å². The highest BCUT2D eigenvalue weighted by molar-refractivity contribution is 7.18. The molecule has 3 rings (SSSR count). The van der Waals surface area contributed by atoms with E-state index in [2.05, 4.69) is 10.4 Å². The molecule has 3 aromatic rings. The monoisotopic (exact) mass is 427 g/mol. The lowest BCUT2D eigenvalue weighted by Gasteiger charge is -2.07. The highest BCUT2D eigenvalue weighted by Gasteiger charge is 2.28. The SMILES string of the molecule is COC(=O)c1sc(NC(=O)c2c(C)nn(-c3ccccc3)c2C)c(C(=O)OC)c1C. The van der Waals surface area contributed by atoms with Gasteiger partial charge in [0.15, 0.2) is 0 Å². The van der Waals surface area contributed by atoms with Gasteiger partial charge in [-0.05, 0) is 38.5 Å². The number of amides is 1. The molecular weight excluding hydrogens is 406 g/mol. The number of para-hydroxylation sites is 1. The molecule has 0 saturated heterocycles. The lowest BCUT2D eigenvalue weighted by Crippen LogP contribution is -2.16. The second-order valence-corrected chi connectivity index (χ2v) is 7.51. The van der Waals surface area contributed by atoms with Gasteiger partial charge in [0.1, 0.15) is 9.88 Å². The van der Waals surface area contributed by atoms with Crippen LogP contribution in [-0.4, -0.2) is 41.8 Å². The van der Waals surface area contributed by atoms with E-state index in [0.717, 1.165) is 17.0 Å². The average Bonchev–Trinajstić information content (AvgIpc) is 3.23. The van der Waals surface area contributed by atoms with E-state index in [1.54, 1.807) is 25.5 Å². The molecular formula is C21H21N3O5S. The highest BCUT2D eigenvalue weighted by atomic mass is 32.1. The van der Waals surface area contributed by atoms with Crippen molar-refractivity contribution in [1.82, 2.24) is 9.78 Å². The maximum absolute atomic E-state index is 13.1. The van der Waals surface area contributed by atoms with Gasteiger partial charge in [-0.2, -0.15) is 5.10 Å². The van der Waals surface area contributed by atoms with Crippen molar-refractivity contribution in [2.75, 3.05) is 19.5 Å². The Hall–Kier alpha value is -3.46. The average molecular weight is 427 g/mol. The van der Waals surface area contributed by atoms with Gasteiger partial charge in [0.05, 0.1) is 42.4 Å². The molecule has 9 heteroatoms. The number of hydrogen-bond acceptors (Lipinski definition) is 7. The van der Waals surface area contributed by atoms with Crippen LogP contribution in [-0.2, 0) is 9.47 Å². The van der Waals surface area contributed by atoms with Gasteiger partial charge >= 0.3 is 11.9 Å². The van der Waals surface area contributed by atoms with Crippen LogP contribution in [0.2, 0.25) is 0 Å². The number of aromatic nitrogens is 2. The zero-order valence-corrected chi connectivity index (χ0v) is 18.0. The number of carbonyl (C=O) groups is 3. The standard InChI is InChI=1S/C21H21N3O5S/c1-11-15(20(26)28-4)19(30-17(11)21(27)29-5)22-18(25)16-12(2)23-24(13(16)3)14-9-7-6-8-10-14/h6-10H,1-5H3,(H,22,25). The Balaban J connectivity index is 2.02. The van der Waals surface area contributed by atoms with Gasteiger partial charge < -0.3 is 14.8 Å². The van der Waals surface area contributed by atoms with Crippen LogP contribution in [0.1, 0.15) is 47.3 Å².